The van der Waals surface area contributed by atoms with E-state index in [1.54, 1.807) is 30.1 Å². The molecule has 0 aliphatic rings. The van der Waals surface area contributed by atoms with Crippen LogP contribution in [0.4, 0.5) is 16.3 Å². The molecule has 0 spiro atoms. The third-order valence-electron chi connectivity index (χ3n) is 2.67. The van der Waals surface area contributed by atoms with Gasteiger partial charge in [-0.15, -0.1) is 0 Å². The maximum Gasteiger partial charge on any atom is 0.323 e. The third kappa shape index (κ3) is 4.01. The number of hydrogen-bond acceptors (Lipinski definition) is 6. The number of nitrogens with two attached hydrogens (primary N) is 1. The highest BCUT2D eigenvalue weighted by atomic mass is 19.1. The number of ether oxygens (including phenoxy) is 1. The van der Waals surface area contributed by atoms with Crippen molar-refractivity contribution in [2.75, 3.05) is 17.7 Å². The summed E-state index contributed by atoms with van der Waals surface area (Å²) in [6.45, 7) is 4.04. The normalized spacial score (nSPS) is 10.7. The summed E-state index contributed by atoms with van der Waals surface area (Å²) in [6, 6.07) is 6.71. The first-order chi connectivity index (χ1) is 9.95. The lowest BCUT2D eigenvalue weighted by atomic mass is 10.2. The van der Waals surface area contributed by atoms with Gasteiger partial charge in [0.05, 0.1) is 6.10 Å². The van der Waals surface area contributed by atoms with Gasteiger partial charge in [0.15, 0.2) is 0 Å². The van der Waals surface area contributed by atoms with Gasteiger partial charge in [-0.05, 0) is 19.9 Å². The molecule has 0 saturated carbocycles. The van der Waals surface area contributed by atoms with Crippen molar-refractivity contribution in [3.63, 3.8) is 0 Å². The quantitative estimate of drug-likeness (QED) is 0.908. The van der Waals surface area contributed by atoms with Crippen LogP contribution >= 0.6 is 0 Å². The monoisotopic (exact) mass is 291 g/mol. The number of rotatable bonds is 5. The molecule has 1 aromatic heterocycles. The van der Waals surface area contributed by atoms with E-state index in [-0.39, 0.29) is 23.9 Å². The molecule has 2 N–H and O–H groups in total. The second-order valence-corrected chi connectivity index (χ2v) is 4.89. The fourth-order valence-corrected chi connectivity index (χ4v) is 1.75. The largest absolute Gasteiger partial charge is 0.461 e. The Labute approximate surface area is 122 Å². The second kappa shape index (κ2) is 6.34. The van der Waals surface area contributed by atoms with Gasteiger partial charge >= 0.3 is 6.01 Å². The van der Waals surface area contributed by atoms with Crippen LogP contribution in [0.25, 0.3) is 0 Å². The SMILES string of the molecule is CC(C)Oc1nc(N)nc(N(C)Cc2ccccc2F)n1. The molecule has 6 nitrogen and oxygen atoms in total. The van der Waals surface area contributed by atoms with Gasteiger partial charge in [-0.25, -0.2) is 4.39 Å². The fraction of sp³-hybridized carbons (Fsp3) is 0.357. The first kappa shape index (κ1) is 15.0. The van der Waals surface area contributed by atoms with E-state index in [1.165, 1.54) is 6.07 Å². The summed E-state index contributed by atoms with van der Waals surface area (Å²) in [4.78, 5) is 13.8. The second-order valence-electron chi connectivity index (χ2n) is 4.89. The summed E-state index contributed by atoms with van der Waals surface area (Å²) in [6.07, 6.45) is -0.0727. The van der Waals surface area contributed by atoms with Crippen LogP contribution in [-0.4, -0.2) is 28.1 Å². The summed E-state index contributed by atoms with van der Waals surface area (Å²) >= 11 is 0. The highest BCUT2D eigenvalue weighted by Crippen LogP contribution is 2.16. The Morgan fingerprint density at radius 1 is 1.24 bits per heavy atom. The van der Waals surface area contributed by atoms with Gasteiger partial charge in [-0.1, -0.05) is 18.2 Å². The molecular formula is C14H18FN5O. The van der Waals surface area contributed by atoms with Gasteiger partial charge in [-0.3, -0.25) is 0 Å². The molecule has 2 aromatic rings. The molecule has 1 heterocycles. The third-order valence-corrected chi connectivity index (χ3v) is 2.67. The highest BCUT2D eigenvalue weighted by Gasteiger charge is 2.12. The minimum atomic E-state index is -0.273. The minimum Gasteiger partial charge on any atom is -0.461 e. The Morgan fingerprint density at radius 2 is 1.95 bits per heavy atom. The van der Waals surface area contributed by atoms with Crippen molar-refractivity contribution in [3.8, 4) is 6.01 Å². The molecule has 0 unspecified atom stereocenters. The summed E-state index contributed by atoms with van der Waals surface area (Å²) in [5, 5.41) is 0. The van der Waals surface area contributed by atoms with E-state index in [2.05, 4.69) is 15.0 Å². The molecule has 0 bridgehead atoms. The molecule has 0 amide bonds. The Morgan fingerprint density at radius 3 is 2.62 bits per heavy atom. The average Bonchev–Trinajstić information content (AvgIpc) is 2.40. The van der Waals surface area contributed by atoms with E-state index >= 15 is 0 Å². The van der Waals surface area contributed by atoms with Gasteiger partial charge in [0.1, 0.15) is 5.82 Å². The fourth-order valence-electron chi connectivity index (χ4n) is 1.75. The van der Waals surface area contributed by atoms with Crippen LogP contribution in [0, 0.1) is 5.82 Å². The maximum atomic E-state index is 13.7. The van der Waals surface area contributed by atoms with Gasteiger partial charge in [-0.2, -0.15) is 15.0 Å². The summed E-state index contributed by atoms with van der Waals surface area (Å²) in [5.74, 6) is 0.127. The van der Waals surface area contributed by atoms with Gasteiger partial charge in [0, 0.05) is 19.2 Å². The lowest BCUT2D eigenvalue weighted by Crippen LogP contribution is -2.21. The smallest absolute Gasteiger partial charge is 0.323 e. The molecule has 21 heavy (non-hydrogen) atoms. The zero-order valence-corrected chi connectivity index (χ0v) is 12.2. The molecule has 1 aromatic carbocycles. The number of hydrogen-bond donors (Lipinski definition) is 1. The van der Waals surface area contributed by atoms with E-state index in [9.17, 15) is 4.39 Å². The first-order valence-electron chi connectivity index (χ1n) is 6.58. The van der Waals surface area contributed by atoms with Gasteiger partial charge in [0.25, 0.3) is 0 Å². The van der Waals surface area contributed by atoms with Crippen LogP contribution in [0.3, 0.4) is 0 Å². The predicted molar refractivity (Wildman–Crippen MR) is 78.5 cm³/mol. The number of nitrogen functional groups attached to an aromatic ring is 1. The number of anilines is 2. The molecule has 0 saturated heterocycles. The van der Waals surface area contributed by atoms with Gasteiger partial charge < -0.3 is 15.4 Å². The molecule has 0 radical (unpaired) electrons. The van der Waals surface area contributed by atoms with Crippen molar-refractivity contribution < 1.29 is 9.13 Å². The molecule has 0 aliphatic heterocycles. The van der Waals surface area contributed by atoms with E-state index in [0.29, 0.717) is 18.1 Å². The number of benzene rings is 1. The average molecular weight is 291 g/mol. The molecule has 7 heteroatoms. The van der Waals surface area contributed by atoms with E-state index in [0.717, 1.165) is 0 Å². The summed E-state index contributed by atoms with van der Waals surface area (Å²) in [7, 11) is 1.75. The molecule has 2 rings (SSSR count). The van der Waals surface area contributed by atoms with Crippen LogP contribution in [0.1, 0.15) is 19.4 Å². The Balaban J connectivity index is 2.20. The maximum absolute atomic E-state index is 13.7. The van der Waals surface area contributed by atoms with Crippen molar-refractivity contribution in [1.29, 1.82) is 0 Å². The highest BCUT2D eigenvalue weighted by molar-refractivity contribution is 5.36. The molecule has 0 fully saturated rings. The van der Waals surface area contributed by atoms with Crippen molar-refractivity contribution >= 4 is 11.9 Å². The Bertz CT molecular complexity index is 620. The van der Waals surface area contributed by atoms with Crippen LogP contribution in [0.2, 0.25) is 0 Å². The van der Waals surface area contributed by atoms with Gasteiger partial charge in [0.2, 0.25) is 11.9 Å². The number of nitrogens with zero attached hydrogens (tertiary/aromatic N) is 4. The van der Waals surface area contributed by atoms with Crippen molar-refractivity contribution in [2.24, 2.45) is 0 Å². The lowest BCUT2D eigenvalue weighted by Gasteiger charge is -2.18. The van der Waals surface area contributed by atoms with Crippen LogP contribution < -0.4 is 15.4 Å². The van der Waals surface area contributed by atoms with Crippen LogP contribution in [0.15, 0.2) is 24.3 Å². The molecule has 112 valence electrons. The lowest BCUT2D eigenvalue weighted by molar-refractivity contribution is 0.222. The Kier molecular flexibility index (Phi) is 4.52. The minimum absolute atomic E-state index is 0.0658. The first-order valence-corrected chi connectivity index (χ1v) is 6.58. The van der Waals surface area contributed by atoms with Crippen molar-refractivity contribution in [3.05, 3.63) is 35.6 Å². The summed E-state index contributed by atoms with van der Waals surface area (Å²) in [5.41, 5.74) is 6.20. The van der Waals surface area contributed by atoms with E-state index < -0.39 is 0 Å². The van der Waals surface area contributed by atoms with E-state index in [1.807, 2.05) is 13.8 Å². The van der Waals surface area contributed by atoms with E-state index in [4.69, 9.17) is 10.5 Å². The molecule has 0 atom stereocenters. The summed E-state index contributed by atoms with van der Waals surface area (Å²) < 4.78 is 19.1. The topological polar surface area (TPSA) is 77.2 Å². The number of aromatic nitrogens is 3. The standard InChI is InChI=1S/C14H18FN5O/c1-9(2)21-14-18-12(16)17-13(19-14)20(3)8-10-6-4-5-7-11(10)15/h4-7,9H,8H2,1-3H3,(H2,16,17,18,19). The molecular weight excluding hydrogens is 273 g/mol. The predicted octanol–water partition coefficient (Wildman–Crippen LogP) is 2.02. The molecule has 0 aliphatic carbocycles. The van der Waals surface area contributed by atoms with Crippen LogP contribution in [0.5, 0.6) is 6.01 Å². The van der Waals surface area contributed by atoms with Crippen molar-refractivity contribution in [1.82, 2.24) is 15.0 Å². The zero-order valence-electron chi connectivity index (χ0n) is 12.2. The number of halogens is 1. The van der Waals surface area contributed by atoms with Crippen LogP contribution in [-0.2, 0) is 6.54 Å². The zero-order chi connectivity index (χ0) is 15.4. The van der Waals surface area contributed by atoms with Crippen molar-refractivity contribution in [2.45, 2.75) is 26.5 Å². The Hall–Kier alpha value is -2.44.